The van der Waals surface area contributed by atoms with E-state index < -0.39 is 0 Å². The fourth-order valence-corrected chi connectivity index (χ4v) is 1.57. The Morgan fingerprint density at radius 3 is 3.11 bits per heavy atom. The fourth-order valence-electron chi connectivity index (χ4n) is 1.42. The number of hydrogen-bond acceptors (Lipinski definition) is 4. The Morgan fingerprint density at radius 1 is 1.56 bits per heavy atom. The molecule has 0 fully saturated rings. The van der Waals surface area contributed by atoms with Gasteiger partial charge in [-0.2, -0.15) is 0 Å². The second-order valence-electron chi connectivity index (χ2n) is 3.82. The summed E-state index contributed by atoms with van der Waals surface area (Å²) in [5.74, 6) is -0.139. The number of amides is 1. The number of carbonyl (C=O) groups excluding carboxylic acids is 1. The van der Waals surface area contributed by atoms with Crippen LogP contribution < -0.4 is 5.32 Å². The number of rotatable bonds is 4. The average molecular weight is 266 g/mol. The summed E-state index contributed by atoms with van der Waals surface area (Å²) in [6.45, 7) is 2.36. The summed E-state index contributed by atoms with van der Waals surface area (Å²) in [5, 5.41) is 10.4. The Hall–Kier alpha value is -1.95. The molecule has 6 nitrogen and oxygen atoms in total. The van der Waals surface area contributed by atoms with Gasteiger partial charge in [-0.15, -0.1) is 5.10 Å². The normalized spacial score (nSPS) is 10.3. The van der Waals surface area contributed by atoms with Crippen molar-refractivity contribution >= 4 is 23.2 Å². The minimum atomic E-state index is -0.139. The Morgan fingerprint density at radius 2 is 2.39 bits per heavy atom. The number of halogens is 1. The van der Waals surface area contributed by atoms with Crippen molar-refractivity contribution in [2.24, 2.45) is 0 Å². The Labute approximate surface area is 109 Å². The SMILES string of the molecule is Cc1cnc(Cl)c(NC(=O)CCn2ccnn2)c1. The first kappa shape index (κ1) is 12.5. The molecule has 1 N–H and O–H groups in total. The van der Waals surface area contributed by atoms with Gasteiger partial charge in [0.05, 0.1) is 18.4 Å². The van der Waals surface area contributed by atoms with Crippen molar-refractivity contribution in [2.75, 3.05) is 5.32 Å². The number of aryl methyl sites for hydroxylation is 2. The molecule has 1 amide bonds. The monoisotopic (exact) mass is 265 g/mol. The van der Waals surface area contributed by atoms with Gasteiger partial charge >= 0.3 is 0 Å². The maximum atomic E-state index is 11.7. The third kappa shape index (κ3) is 3.27. The molecule has 0 unspecified atom stereocenters. The van der Waals surface area contributed by atoms with Crippen molar-refractivity contribution in [3.8, 4) is 0 Å². The minimum absolute atomic E-state index is 0.139. The van der Waals surface area contributed by atoms with E-state index in [2.05, 4.69) is 20.6 Å². The van der Waals surface area contributed by atoms with Crippen molar-refractivity contribution in [3.05, 3.63) is 35.4 Å². The number of nitrogens with one attached hydrogen (secondary N) is 1. The van der Waals surface area contributed by atoms with Gasteiger partial charge in [0.1, 0.15) is 0 Å². The van der Waals surface area contributed by atoms with E-state index in [0.29, 0.717) is 18.7 Å². The number of pyridine rings is 1. The average Bonchev–Trinajstić information content (AvgIpc) is 2.84. The third-order valence-corrected chi connectivity index (χ3v) is 2.59. The Kier molecular flexibility index (Phi) is 3.88. The van der Waals surface area contributed by atoms with Gasteiger partial charge in [0, 0.05) is 18.8 Å². The van der Waals surface area contributed by atoms with Crippen LogP contribution in [0, 0.1) is 6.92 Å². The van der Waals surface area contributed by atoms with Crippen molar-refractivity contribution in [3.63, 3.8) is 0 Å². The van der Waals surface area contributed by atoms with Gasteiger partial charge in [-0.3, -0.25) is 9.48 Å². The fraction of sp³-hybridized carbons (Fsp3) is 0.273. The van der Waals surface area contributed by atoms with Crippen LogP contribution in [-0.2, 0) is 11.3 Å². The molecule has 0 aliphatic carbocycles. The molecule has 2 aromatic rings. The van der Waals surface area contributed by atoms with Gasteiger partial charge in [-0.1, -0.05) is 16.8 Å². The molecule has 0 radical (unpaired) electrons. The van der Waals surface area contributed by atoms with Gasteiger partial charge < -0.3 is 5.32 Å². The van der Waals surface area contributed by atoms with E-state index >= 15 is 0 Å². The van der Waals surface area contributed by atoms with Crippen molar-refractivity contribution in [2.45, 2.75) is 19.9 Å². The molecule has 94 valence electrons. The van der Waals surface area contributed by atoms with E-state index in [1.54, 1.807) is 29.3 Å². The zero-order valence-corrected chi connectivity index (χ0v) is 10.6. The molecule has 0 aliphatic heterocycles. The standard InChI is InChI=1S/C11H12ClN5O/c1-8-6-9(11(12)13-7-8)15-10(18)2-4-17-5-3-14-16-17/h3,5-7H,2,4H2,1H3,(H,15,18). The number of aromatic nitrogens is 4. The summed E-state index contributed by atoms with van der Waals surface area (Å²) in [5.41, 5.74) is 1.46. The van der Waals surface area contributed by atoms with Crippen molar-refractivity contribution < 1.29 is 4.79 Å². The summed E-state index contributed by atoms with van der Waals surface area (Å²) >= 11 is 5.89. The maximum absolute atomic E-state index is 11.7. The summed E-state index contributed by atoms with van der Waals surface area (Å²) in [4.78, 5) is 15.7. The first-order valence-electron chi connectivity index (χ1n) is 5.41. The van der Waals surface area contributed by atoms with E-state index in [-0.39, 0.29) is 11.1 Å². The van der Waals surface area contributed by atoms with E-state index in [4.69, 9.17) is 11.6 Å². The first-order chi connectivity index (χ1) is 8.65. The predicted octanol–water partition coefficient (Wildman–Crippen LogP) is 1.66. The van der Waals surface area contributed by atoms with Gasteiger partial charge in [0.25, 0.3) is 0 Å². The lowest BCUT2D eigenvalue weighted by atomic mass is 10.3. The molecule has 2 heterocycles. The molecule has 0 aliphatic rings. The summed E-state index contributed by atoms with van der Waals surface area (Å²) < 4.78 is 1.59. The second kappa shape index (κ2) is 5.59. The predicted molar refractivity (Wildman–Crippen MR) is 67.3 cm³/mol. The van der Waals surface area contributed by atoms with Crippen LogP contribution in [0.1, 0.15) is 12.0 Å². The smallest absolute Gasteiger partial charge is 0.226 e. The first-order valence-corrected chi connectivity index (χ1v) is 5.79. The molecule has 18 heavy (non-hydrogen) atoms. The highest BCUT2D eigenvalue weighted by atomic mass is 35.5. The number of nitrogens with zero attached hydrogens (tertiary/aromatic N) is 4. The molecule has 0 atom stereocenters. The molecule has 7 heteroatoms. The Balaban J connectivity index is 1.92. The molecule has 0 saturated carbocycles. The minimum Gasteiger partial charge on any atom is -0.323 e. The van der Waals surface area contributed by atoms with Crippen LogP contribution in [0.4, 0.5) is 5.69 Å². The van der Waals surface area contributed by atoms with Crippen LogP contribution in [0.15, 0.2) is 24.7 Å². The summed E-state index contributed by atoms with van der Waals surface area (Å²) in [7, 11) is 0. The molecule has 0 spiro atoms. The number of carbonyl (C=O) groups is 1. The molecular weight excluding hydrogens is 254 g/mol. The molecule has 0 bridgehead atoms. The van der Waals surface area contributed by atoms with Crippen molar-refractivity contribution in [1.82, 2.24) is 20.0 Å². The van der Waals surface area contributed by atoms with Gasteiger partial charge in [-0.25, -0.2) is 4.98 Å². The molecule has 2 rings (SSSR count). The molecule has 0 saturated heterocycles. The maximum Gasteiger partial charge on any atom is 0.226 e. The zero-order valence-electron chi connectivity index (χ0n) is 9.80. The van der Waals surface area contributed by atoms with Gasteiger partial charge in [0.15, 0.2) is 5.15 Å². The summed E-state index contributed by atoms with van der Waals surface area (Å²) in [6, 6.07) is 1.78. The molecular formula is C11H12ClN5O. The van der Waals surface area contributed by atoms with Crippen LogP contribution in [0.5, 0.6) is 0 Å². The van der Waals surface area contributed by atoms with Crippen LogP contribution >= 0.6 is 11.6 Å². The highest BCUT2D eigenvalue weighted by Gasteiger charge is 2.07. The lowest BCUT2D eigenvalue weighted by Crippen LogP contribution is -2.15. The second-order valence-corrected chi connectivity index (χ2v) is 4.17. The topological polar surface area (TPSA) is 72.7 Å². The van der Waals surface area contributed by atoms with Crippen LogP contribution in [0.25, 0.3) is 0 Å². The van der Waals surface area contributed by atoms with Gasteiger partial charge in [0.2, 0.25) is 5.91 Å². The molecule has 0 aromatic carbocycles. The van der Waals surface area contributed by atoms with Gasteiger partial charge in [-0.05, 0) is 18.6 Å². The highest BCUT2D eigenvalue weighted by molar-refractivity contribution is 6.32. The lowest BCUT2D eigenvalue weighted by Gasteiger charge is -2.07. The van der Waals surface area contributed by atoms with E-state index in [9.17, 15) is 4.79 Å². The number of anilines is 1. The van der Waals surface area contributed by atoms with E-state index in [1.165, 1.54) is 0 Å². The van der Waals surface area contributed by atoms with Crippen LogP contribution in [-0.4, -0.2) is 25.9 Å². The quantitative estimate of drug-likeness (QED) is 0.854. The van der Waals surface area contributed by atoms with E-state index in [1.807, 2.05) is 6.92 Å². The lowest BCUT2D eigenvalue weighted by molar-refractivity contribution is -0.116. The van der Waals surface area contributed by atoms with Crippen LogP contribution in [0.2, 0.25) is 5.15 Å². The molecule has 2 aromatic heterocycles. The van der Waals surface area contributed by atoms with E-state index in [0.717, 1.165) is 5.56 Å². The summed E-state index contributed by atoms with van der Waals surface area (Å²) in [6.07, 6.45) is 5.22. The highest BCUT2D eigenvalue weighted by Crippen LogP contribution is 2.19. The number of hydrogen-bond donors (Lipinski definition) is 1. The third-order valence-electron chi connectivity index (χ3n) is 2.29. The Bertz CT molecular complexity index is 540. The van der Waals surface area contributed by atoms with Crippen molar-refractivity contribution in [1.29, 1.82) is 0 Å². The van der Waals surface area contributed by atoms with Crippen LogP contribution in [0.3, 0.4) is 0 Å². The largest absolute Gasteiger partial charge is 0.323 e. The zero-order chi connectivity index (χ0) is 13.0.